The zero-order valence-corrected chi connectivity index (χ0v) is 28.9. The lowest BCUT2D eigenvalue weighted by Gasteiger charge is -2.71. The summed E-state index contributed by atoms with van der Waals surface area (Å²) in [5.41, 5.74) is 7.06. The highest BCUT2D eigenvalue weighted by Crippen LogP contribution is 2.75. The predicted molar refractivity (Wildman–Crippen MR) is 171 cm³/mol. The summed E-state index contributed by atoms with van der Waals surface area (Å²) >= 11 is 0. The monoisotopic (exact) mass is 615 g/mol. The van der Waals surface area contributed by atoms with Crippen LogP contribution in [-0.4, -0.2) is 69.0 Å². The van der Waals surface area contributed by atoms with Gasteiger partial charge in [-0.25, -0.2) is 0 Å². The van der Waals surface area contributed by atoms with Crippen LogP contribution in [0.5, 0.6) is 0 Å². The summed E-state index contributed by atoms with van der Waals surface area (Å²) in [6.07, 6.45) is 9.97. The van der Waals surface area contributed by atoms with Gasteiger partial charge in [-0.15, -0.1) is 0 Å². The first-order valence-electron chi connectivity index (χ1n) is 17.6. The fourth-order valence-corrected chi connectivity index (χ4v) is 12.3. The summed E-state index contributed by atoms with van der Waals surface area (Å²) in [4.78, 5) is 13.3. The second-order valence-corrected chi connectivity index (χ2v) is 17.5. The third-order valence-electron chi connectivity index (χ3n) is 15.4. The van der Waals surface area contributed by atoms with Crippen molar-refractivity contribution in [3.05, 3.63) is 11.6 Å². The normalized spacial score (nSPS) is 48.9. The van der Waals surface area contributed by atoms with E-state index in [1.165, 1.54) is 0 Å². The van der Waals surface area contributed by atoms with Gasteiger partial charge in [0.15, 0.2) is 0 Å². The van der Waals surface area contributed by atoms with Crippen molar-refractivity contribution >= 4 is 5.97 Å². The van der Waals surface area contributed by atoms with E-state index in [4.69, 9.17) is 24.7 Å². The van der Waals surface area contributed by atoms with Crippen LogP contribution < -0.4 is 5.73 Å². The van der Waals surface area contributed by atoms with Crippen molar-refractivity contribution in [2.24, 2.45) is 62.4 Å². The van der Waals surface area contributed by atoms with Crippen molar-refractivity contribution in [3.63, 3.8) is 0 Å². The maximum absolute atomic E-state index is 13.3. The summed E-state index contributed by atoms with van der Waals surface area (Å²) < 4.78 is 25.4. The molecule has 0 spiro atoms. The minimum Gasteiger partial charge on any atom is -0.481 e. The van der Waals surface area contributed by atoms with Crippen molar-refractivity contribution in [2.45, 2.75) is 118 Å². The topological polar surface area (TPSA) is 100 Å². The lowest BCUT2D eigenvalue weighted by molar-refractivity contribution is -0.270. The van der Waals surface area contributed by atoms with Gasteiger partial charge in [-0.1, -0.05) is 60.1 Å². The Labute approximate surface area is 266 Å². The zero-order valence-electron chi connectivity index (χ0n) is 28.9. The third kappa shape index (κ3) is 4.48. The number of rotatable bonds is 7. The molecule has 3 saturated carbocycles. The molecule has 6 rings (SSSR count). The van der Waals surface area contributed by atoms with Gasteiger partial charge in [0.05, 0.1) is 37.9 Å². The van der Waals surface area contributed by atoms with Crippen molar-refractivity contribution < 1.29 is 28.8 Å². The zero-order chi connectivity index (χ0) is 31.9. The standard InChI is InChI=1S/C37H61NO6/c1-23(2)24(3)32(4)13-14-34(6)25-9-10-28-33(5)20-43-22-37(28,26(25)11-12-35(34,7)29(32)31(39)40)19-27(41-8)30(33)44-21-36(38)15-17-42-18-16-36/h11,23-25,27-30H,9-10,12-22,38H2,1-8H3,(H,39,40)/t24-,25+,27-,28+,29-,30+,32-,33?,34-,35+,37+/m1/s1. The number of aliphatic carboxylic acids is 1. The molecule has 2 saturated heterocycles. The van der Waals surface area contributed by atoms with Crippen molar-refractivity contribution in [3.8, 4) is 0 Å². The van der Waals surface area contributed by atoms with Gasteiger partial charge in [0.1, 0.15) is 0 Å². The van der Waals surface area contributed by atoms with Crippen molar-refractivity contribution in [1.82, 2.24) is 0 Å². The molecular weight excluding hydrogens is 554 g/mol. The van der Waals surface area contributed by atoms with Gasteiger partial charge in [0.2, 0.25) is 0 Å². The van der Waals surface area contributed by atoms with E-state index in [0.717, 1.165) is 58.0 Å². The number of nitrogens with two attached hydrogens (primary N) is 1. The highest BCUT2D eigenvalue weighted by atomic mass is 16.5. The lowest BCUT2D eigenvalue weighted by atomic mass is 9.34. The molecule has 7 nitrogen and oxygen atoms in total. The average molecular weight is 616 g/mol. The predicted octanol–water partition coefficient (Wildman–Crippen LogP) is 6.48. The van der Waals surface area contributed by atoms with E-state index >= 15 is 0 Å². The molecule has 0 radical (unpaired) electrons. The van der Waals surface area contributed by atoms with E-state index in [0.29, 0.717) is 50.1 Å². The first-order valence-corrected chi connectivity index (χ1v) is 17.6. The molecule has 7 heteroatoms. The van der Waals surface area contributed by atoms with Gasteiger partial charge in [0.25, 0.3) is 0 Å². The molecule has 2 bridgehead atoms. The Morgan fingerprint density at radius 3 is 2.36 bits per heavy atom. The van der Waals surface area contributed by atoms with Crippen LogP contribution in [0, 0.1) is 56.7 Å². The molecule has 44 heavy (non-hydrogen) atoms. The molecule has 6 aliphatic rings. The van der Waals surface area contributed by atoms with Crippen LogP contribution in [0.1, 0.15) is 99.8 Å². The number of methoxy groups -OCH3 is 1. The molecule has 2 aliphatic heterocycles. The summed E-state index contributed by atoms with van der Waals surface area (Å²) in [6, 6.07) is 0. The molecule has 11 atom stereocenters. The highest BCUT2D eigenvalue weighted by Gasteiger charge is 2.71. The minimum atomic E-state index is -0.606. The molecule has 0 aromatic carbocycles. The number of carboxylic acid groups (broad SMARTS) is 1. The van der Waals surface area contributed by atoms with E-state index in [-0.39, 0.29) is 50.7 Å². The second-order valence-electron chi connectivity index (χ2n) is 17.5. The number of carboxylic acids is 1. The molecule has 5 fully saturated rings. The van der Waals surface area contributed by atoms with Crippen LogP contribution in [0.2, 0.25) is 0 Å². The Kier molecular flexibility index (Phi) is 8.26. The maximum Gasteiger partial charge on any atom is 0.307 e. The van der Waals surface area contributed by atoms with Crippen LogP contribution in [0.25, 0.3) is 0 Å². The Bertz CT molecular complexity index is 1150. The summed E-state index contributed by atoms with van der Waals surface area (Å²) in [5.74, 6) is 0.586. The molecule has 2 heterocycles. The van der Waals surface area contributed by atoms with Crippen LogP contribution in [0.4, 0.5) is 0 Å². The van der Waals surface area contributed by atoms with Gasteiger partial charge >= 0.3 is 5.97 Å². The van der Waals surface area contributed by atoms with Gasteiger partial charge in [-0.2, -0.15) is 0 Å². The molecule has 0 aromatic rings. The largest absolute Gasteiger partial charge is 0.481 e. The third-order valence-corrected chi connectivity index (χ3v) is 15.4. The van der Waals surface area contributed by atoms with Crippen LogP contribution in [0.3, 0.4) is 0 Å². The van der Waals surface area contributed by atoms with Crippen LogP contribution in [0.15, 0.2) is 11.6 Å². The lowest BCUT2D eigenvalue weighted by Crippen LogP contribution is -2.70. The number of hydrogen-bond acceptors (Lipinski definition) is 6. The van der Waals surface area contributed by atoms with Gasteiger partial charge in [-0.05, 0) is 91.3 Å². The van der Waals surface area contributed by atoms with E-state index in [1.807, 2.05) is 7.11 Å². The second kappa shape index (κ2) is 11.0. The first-order chi connectivity index (χ1) is 20.6. The van der Waals surface area contributed by atoms with Gasteiger partial charge in [-0.3, -0.25) is 4.79 Å². The molecular formula is C37H61NO6. The minimum absolute atomic E-state index is 0.0438. The smallest absolute Gasteiger partial charge is 0.307 e. The van der Waals surface area contributed by atoms with Crippen LogP contribution in [-0.2, 0) is 23.7 Å². The molecule has 250 valence electrons. The Hall–Kier alpha value is -0.990. The van der Waals surface area contributed by atoms with Crippen molar-refractivity contribution in [2.75, 3.05) is 40.1 Å². The number of hydrogen-bond donors (Lipinski definition) is 2. The van der Waals surface area contributed by atoms with Gasteiger partial charge in [0, 0.05) is 36.7 Å². The fourth-order valence-electron chi connectivity index (χ4n) is 12.3. The quantitative estimate of drug-likeness (QED) is 0.316. The SMILES string of the molecule is CO[C@@H]1C[C@@]23COCC(C)([C@H]1OCC1(N)CCOCC1)[C@@H]2CC[C@H]1C3=CC[C@@]2(C)[C@H](C(=O)O)[C@@](C)([C@H](C)C(C)C)CC[C@]12C. The summed E-state index contributed by atoms with van der Waals surface area (Å²) in [5, 5.41) is 11.0. The number of fused-ring (bicyclic) bond motifs is 3. The van der Waals surface area contributed by atoms with Gasteiger partial charge < -0.3 is 29.8 Å². The number of carbonyl (C=O) groups is 1. The number of allylic oxidation sites excluding steroid dienone is 1. The summed E-state index contributed by atoms with van der Waals surface area (Å²) in [7, 11) is 1.84. The van der Waals surface area contributed by atoms with Crippen molar-refractivity contribution in [1.29, 1.82) is 0 Å². The molecule has 0 aromatic heterocycles. The first kappa shape index (κ1) is 32.9. The molecule has 1 unspecified atom stereocenters. The Morgan fingerprint density at radius 2 is 1.73 bits per heavy atom. The average Bonchev–Trinajstić information content (AvgIpc) is 2.96. The molecule has 4 aliphatic carbocycles. The Balaban J connectivity index is 1.36. The fraction of sp³-hybridized carbons (Fsp3) is 0.919. The van der Waals surface area contributed by atoms with E-state index < -0.39 is 5.97 Å². The van der Waals surface area contributed by atoms with Crippen LogP contribution >= 0.6 is 0 Å². The maximum atomic E-state index is 13.3. The van der Waals surface area contributed by atoms with E-state index in [9.17, 15) is 9.90 Å². The molecule has 3 N–H and O–H groups in total. The summed E-state index contributed by atoms with van der Waals surface area (Å²) in [6.45, 7) is 19.5. The Morgan fingerprint density at radius 1 is 1.02 bits per heavy atom. The highest BCUT2D eigenvalue weighted by molar-refractivity contribution is 5.73. The molecule has 0 amide bonds. The number of ether oxygens (including phenoxy) is 4. The van der Waals surface area contributed by atoms with E-state index in [1.54, 1.807) is 5.57 Å². The van der Waals surface area contributed by atoms with E-state index in [2.05, 4.69) is 54.5 Å².